The fraction of sp³-hybridized carbons (Fsp3) is 0.400. The maximum absolute atomic E-state index is 12.4. The van der Waals surface area contributed by atoms with Crippen LogP contribution in [0.25, 0.3) is 0 Å². The molecule has 1 spiro atoms. The molecule has 4 rings (SSSR count). The van der Waals surface area contributed by atoms with Gasteiger partial charge in [0.05, 0.1) is 5.02 Å². The highest BCUT2D eigenvalue weighted by Crippen LogP contribution is 2.46. The SMILES string of the molecule is C[C@@H](Nc1ccc2c(c1)OC1(CCCCC1)O2)C(=O)Nc1ccc(Cl)cn1. The van der Waals surface area contributed by atoms with Crippen LogP contribution in [-0.2, 0) is 4.79 Å². The lowest BCUT2D eigenvalue weighted by Crippen LogP contribution is -2.40. The Hall–Kier alpha value is -2.47. The van der Waals surface area contributed by atoms with Crippen LogP contribution in [0.5, 0.6) is 11.5 Å². The number of hydrogen-bond donors (Lipinski definition) is 2. The summed E-state index contributed by atoms with van der Waals surface area (Å²) < 4.78 is 12.2. The Bertz CT molecular complexity index is 835. The van der Waals surface area contributed by atoms with E-state index >= 15 is 0 Å². The molecule has 0 unspecified atom stereocenters. The number of halogens is 1. The molecule has 1 aromatic carbocycles. The van der Waals surface area contributed by atoms with Crippen LogP contribution in [-0.4, -0.2) is 22.7 Å². The van der Waals surface area contributed by atoms with Crippen LogP contribution >= 0.6 is 11.6 Å². The molecule has 27 heavy (non-hydrogen) atoms. The lowest BCUT2D eigenvalue weighted by atomic mass is 9.94. The van der Waals surface area contributed by atoms with E-state index < -0.39 is 11.8 Å². The van der Waals surface area contributed by atoms with Gasteiger partial charge in [-0.25, -0.2) is 4.98 Å². The quantitative estimate of drug-likeness (QED) is 0.801. The second-order valence-electron chi connectivity index (χ2n) is 7.05. The van der Waals surface area contributed by atoms with Gasteiger partial charge in [-0.3, -0.25) is 4.79 Å². The molecule has 1 saturated carbocycles. The molecule has 142 valence electrons. The van der Waals surface area contributed by atoms with E-state index in [1.54, 1.807) is 19.1 Å². The lowest BCUT2D eigenvalue weighted by Gasteiger charge is -2.31. The van der Waals surface area contributed by atoms with Gasteiger partial charge in [0.15, 0.2) is 11.5 Å². The fourth-order valence-electron chi connectivity index (χ4n) is 3.48. The highest BCUT2D eigenvalue weighted by atomic mass is 35.5. The van der Waals surface area contributed by atoms with Crippen LogP contribution in [0.4, 0.5) is 11.5 Å². The smallest absolute Gasteiger partial charge is 0.251 e. The highest BCUT2D eigenvalue weighted by Gasteiger charge is 2.42. The Balaban J connectivity index is 1.39. The molecule has 0 saturated heterocycles. The number of pyridine rings is 1. The molecule has 2 N–H and O–H groups in total. The minimum absolute atomic E-state index is 0.189. The van der Waals surface area contributed by atoms with E-state index in [2.05, 4.69) is 15.6 Å². The van der Waals surface area contributed by atoms with Gasteiger partial charge >= 0.3 is 0 Å². The molecule has 1 atom stereocenters. The summed E-state index contributed by atoms with van der Waals surface area (Å²) in [4.78, 5) is 16.5. The van der Waals surface area contributed by atoms with Gasteiger partial charge < -0.3 is 20.1 Å². The van der Waals surface area contributed by atoms with Crippen molar-refractivity contribution in [1.29, 1.82) is 0 Å². The van der Waals surface area contributed by atoms with Gasteiger partial charge in [-0.15, -0.1) is 0 Å². The van der Waals surface area contributed by atoms with E-state index in [1.807, 2.05) is 18.2 Å². The molecule has 1 amide bonds. The van der Waals surface area contributed by atoms with Crippen molar-refractivity contribution >= 4 is 29.0 Å². The first-order valence-corrected chi connectivity index (χ1v) is 9.62. The third-order valence-corrected chi connectivity index (χ3v) is 5.13. The summed E-state index contributed by atoms with van der Waals surface area (Å²) >= 11 is 5.81. The molecule has 1 aromatic heterocycles. The van der Waals surface area contributed by atoms with Crippen molar-refractivity contribution in [3.05, 3.63) is 41.6 Å². The molecular weight excluding hydrogens is 366 g/mol. The van der Waals surface area contributed by atoms with Crippen LogP contribution in [0.15, 0.2) is 36.5 Å². The number of carbonyl (C=O) groups is 1. The van der Waals surface area contributed by atoms with Crippen LogP contribution < -0.4 is 20.1 Å². The summed E-state index contributed by atoms with van der Waals surface area (Å²) in [6.07, 6.45) is 6.79. The lowest BCUT2D eigenvalue weighted by molar-refractivity contribution is -0.116. The fourth-order valence-corrected chi connectivity index (χ4v) is 3.59. The van der Waals surface area contributed by atoms with Crippen LogP contribution in [0.1, 0.15) is 39.0 Å². The van der Waals surface area contributed by atoms with Crippen LogP contribution in [0.2, 0.25) is 5.02 Å². The second kappa shape index (κ2) is 7.27. The maximum Gasteiger partial charge on any atom is 0.251 e. The number of rotatable bonds is 4. The predicted octanol–water partition coefficient (Wildman–Crippen LogP) is 4.61. The Morgan fingerprint density at radius 3 is 2.67 bits per heavy atom. The van der Waals surface area contributed by atoms with E-state index in [0.717, 1.165) is 42.9 Å². The number of carbonyl (C=O) groups excluding carboxylic acids is 1. The van der Waals surface area contributed by atoms with E-state index in [4.69, 9.17) is 21.1 Å². The molecule has 1 fully saturated rings. The second-order valence-corrected chi connectivity index (χ2v) is 7.49. The number of nitrogens with zero attached hydrogens (tertiary/aromatic N) is 1. The van der Waals surface area contributed by atoms with Crippen molar-refractivity contribution in [2.24, 2.45) is 0 Å². The number of nitrogens with one attached hydrogen (secondary N) is 2. The average Bonchev–Trinajstić information content (AvgIpc) is 3.00. The Morgan fingerprint density at radius 1 is 1.15 bits per heavy atom. The Labute approximate surface area is 163 Å². The summed E-state index contributed by atoms with van der Waals surface area (Å²) in [6.45, 7) is 1.79. The molecule has 0 bridgehead atoms. The zero-order chi connectivity index (χ0) is 18.9. The minimum Gasteiger partial charge on any atom is -0.448 e. The number of amides is 1. The summed E-state index contributed by atoms with van der Waals surface area (Å²) in [7, 11) is 0. The molecule has 2 heterocycles. The molecule has 2 aromatic rings. The summed E-state index contributed by atoms with van der Waals surface area (Å²) in [5.74, 6) is 1.27. The van der Waals surface area contributed by atoms with Gasteiger partial charge in [-0.2, -0.15) is 0 Å². The van der Waals surface area contributed by atoms with Gasteiger partial charge in [-0.1, -0.05) is 18.0 Å². The van der Waals surface area contributed by atoms with Crippen molar-refractivity contribution in [3.8, 4) is 11.5 Å². The van der Waals surface area contributed by atoms with Crippen molar-refractivity contribution < 1.29 is 14.3 Å². The standard InChI is InChI=1S/C20H22ClN3O3/c1-13(19(25)24-18-8-5-14(21)12-22-18)23-15-6-7-16-17(11-15)27-20(26-16)9-3-2-4-10-20/h5-8,11-13,23H,2-4,9-10H2,1H3,(H,22,24,25)/t13-/m1/s1. The molecule has 7 heteroatoms. The van der Waals surface area contributed by atoms with Crippen molar-refractivity contribution in [1.82, 2.24) is 4.98 Å². The molecule has 1 aliphatic carbocycles. The zero-order valence-corrected chi connectivity index (χ0v) is 15.9. The van der Waals surface area contributed by atoms with Crippen LogP contribution in [0, 0.1) is 0 Å². The van der Waals surface area contributed by atoms with Crippen molar-refractivity contribution in [3.63, 3.8) is 0 Å². The zero-order valence-electron chi connectivity index (χ0n) is 15.1. The van der Waals surface area contributed by atoms with E-state index in [9.17, 15) is 4.79 Å². The van der Waals surface area contributed by atoms with Gasteiger partial charge in [0.25, 0.3) is 5.79 Å². The Kier molecular flexibility index (Phi) is 4.83. The molecular formula is C20H22ClN3O3. The predicted molar refractivity (Wildman–Crippen MR) is 104 cm³/mol. The first-order chi connectivity index (χ1) is 13.0. The first-order valence-electron chi connectivity index (χ1n) is 9.24. The first kappa shape index (κ1) is 17.9. The van der Waals surface area contributed by atoms with Gasteiger partial charge in [0.2, 0.25) is 5.91 Å². The molecule has 1 aliphatic heterocycles. The van der Waals surface area contributed by atoms with E-state index in [0.29, 0.717) is 10.8 Å². The van der Waals surface area contributed by atoms with Gasteiger partial charge in [0.1, 0.15) is 11.9 Å². The highest BCUT2D eigenvalue weighted by molar-refractivity contribution is 6.30. The summed E-state index contributed by atoms with van der Waals surface area (Å²) in [6, 6.07) is 8.58. The maximum atomic E-state index is 12.4. The topological polar surface area (TPSA) is 72.5 Å². The molecule has 0 radical (unpaired) electrons. The van der Waals surface area contributed by atoms with Gasteiger partial charge in [-0.05, 0) is 44.0 Å². The number of anilines is 2. The van der Waals surface area contributed by atoms with Crippen molar-refractivity contribution in [2.75, 3.05) is 10.6 Å². The average molecular weight is 388 g/mol. The third-order valence-electron chi connectivity index (χ3n) is 4.91. The van der Waals surface area contributed by atoms with Crippen molar-refractivity contribution in [2.45, 2.75) is 50.9 Å². The Morgan fingerprint density at radius 2 is 1.93 bits per heavy atom. The minimum atomic E-state index is -0.498. The normalized spacial score (nSPS) is 18.1. The number of benzene rings is 1. The van der Waals surface area contributed by atoms with E-state index in [1.165, 1.54) is 12.6 Å². The number of ether oxygens (including phenoxy) is 2. The largest absolute Gasteiger partial charge is 0.448 e. The molecule has 6 nitrogen and oxygen atoms in total. The van der Waals surface area contributed by atoms with Crippen LogP contribution in [0.3, 0.4) is 0 Å². The number of fused-ring (bicyclic) bond motifs is 1. The van der Waals surface area contributed by atoms with Gasteiger partial charge in [0, 0.05) is 30.8 Å². The molecule has 2 aliphatic rings. The summed E-state index contributed by atoms with van der Waals surface area (Å²) in [5, 5.41) is 6.48. The summed E-state index contributed by atoms with van der Waals surface area (Å²) in [5.41, 5.74) is 0.803. The number of hydrogen-bond acceptors (Lipinski definition) is 5. The number of aromatic nitrogens is 1. The van der Waals surface area contributed by atoms with E-state index in [-0.39, 0.29) is 5.91 Å². The monoisotopic (exact) mass is 387 g/mol. The third kappa shape index (κ3) is 3.95.